The van der Waals surface area contributed by atoms with Gasteiger partial charge in [-0.25, -0.2) is 0 Å². The van der Waals surface area contributed by atoms with Crippen LogP contribution in [-0.2, 0) is 9.59 Å². The Morgan fingerprint density at radius 2 is 1.77 bits per heavy atom. The fourth-order valence-electron chi connectivity index (χ4n) is 4.33. The summed E-state index contributed by atoms with van der Waals surface area (Å²) in [7, 11) is 0. The number of halogens is 1. The number of aromatic amines is 1. The van der Waals surface area contributed by atoms with Gasteiger partial charge in [0, 0.05) is 55.2 Å². The summed E-state index contributed by atoms with van der Waals surface area (Å²) in [6.45, 7) is 3.21. The van der Waals surface area contributed by atoms with Gasteiger partial charge in [-0.1, -0.05) is 23.7 Å². The van der Waals surface area contributed by atoms with Gasteiger partial charge in [0.15, 0.2) is 5.82 Å². The summed E-state index contributed by atoms with van der Waals surface area (Å²) in [4.78, 5) is 31.5. The number of nitrogens with one attached hydrogen (secondary N) is 1. The number of benzene rings is 2. The first-order valence-corrected chi connectivity index (χ1v) is 10.5. The molecule has 2 fully saturated rings. The zero-order valence-electron chi connectivity index (χ0n) is 16.4. The van der Waals surface area contributed by atoms with Gasteiger partial charge in [0.25, 0.3) is 0 Å². The van der Waals surface area contributed by atoms with E-state index in [4.69, 9.17) is 11.6 Å². The molecule has 2 aromatic carbocycles. The van der Waals surface area contributed by atoms with Gasteiger partial charge in [0.1, 0.15) is 0 Å². The molecule has 0 saturated carbocycles. The minimum absolute atomic E-state index is 0.0506. The van der Waals surface area contributed by atoms with E-state index in [-0.39, 0.29) is 24.2 Å². The van der Waals surface area contributed by atoms with Crippen LogP contribution in [0.1, 0.15) is 6.42 Å². The fourth-order valence-corrected chi connectivity index (χ4v) is 4.45. The lowest BCUT2D eigenvalue weighted by Gasteiger charge is -2.37. The number of carbonyl (C=O) groups is 2. The average Bonchev–Trinajstić information content (AvgIpc) is 3.37. The van der Waals surface area contributed by atoms with Crippen molar-refractivity contribution >= 4 is 45.8 Å². The topological polar surface area (TPSA) is 72.5 Å². The summed E-state index contributed by atoms with van der Waals surface area (Å²) in [5, 5.41) is 8.90. The number of nitrogens with zero attached hydrogens (tertiary/aromatic N) is 4. The molecule has 2 aliphatic heterocycles. The molecule has 0 spiro atoms. The number of piperazine rings is 1. The summed E-state index contributed by atoms with van der Waals surface area (Å²) in [5.74, 6) is 0.292. The largest absolute Gasteiger partial charge is 0.368 e. The number of hydrogen-bond donors (Lipinski definition) is 1. The third-order valence-corrected chi connectivity index (χ3v) is 6.22. The number of fused-ring (bicyclic) bond motifs is 1. The maximum absolute atomic E-state index is 13.1. The van der Waals surface area contributed by atoms with Crippen molar-refractivity contribution in [3.05, 3.63) is 53.6 Å². The van der Waals surface area contributed by atoms with Crippen LogP contribution >= 0.6 is 11.6 Å². The molecule has 0 radical (unpaired) electrons. The normalized spacial score (nSPS) is 19.7. The maximum Gasteiger partial charge on any atom is 0.229 e. The molecule has 0 unspecified atom stereocenters. The van der Waals surface area contributed by atoms with Gasteiger partial charge in [-0.05, 0) is 36.4 Å². The highest BCUT2D eigenvalue weighted by atomic mass is 35.5. The first-order valence-electron chi connectivity index (χ1n) is 10.1. The van der Waals surface area contributed by atoms with Gasteiger partial charge in [-0.2, -0.15) is 5.10 Å². The lowest BCUT2D eigenvalue weighted by atomic mass is 10.1. The number of anilines is 2. The molecule has 30 heavy (non-hydrogen) atoms. The molecule has 3 heterocycles. The summed E-state index contributed by atoms with van der Waals surface area (Å²) >= 11 is 5.97. The van der Waals surface area contributed by atoms with Crippen molar-refractivity contribution in [1.29, 1.82) is 0 Å². The van der Waals surface area contributed by atoms with Crippen molar-refractivity contribution in [2.75, 3.05) is 42.5 Å². The molecule has 2 saturated heterocycles. The summed E-state index contributed by atoms with van der Waals surface area (Å²) in [5.41, 5.74) is 1.99. The van der Waals surface area contributed by atoms with Crippen LogP contribution in [-0.4, -0.2) is 59.6 Å². The van der Waals surface area contributed by atoms with Gasteiger partial charge >= 0.3 is 0 Å². The molecule has 1 N–H and O–H groups in total. The van der Waals surface area contributed by atoms with Crippen molar-refractivity contribution in [2.45, 2.75) is 6.42 Å². The van der Waals surface area contributed by atoms with E-state index in [1.165, 1.54) is 0 Å². The summed E-state index contributed by atoms with van der Waals surface area (Å²) in [6, 6.07) is 15.5. The van der Waals surface area contributed by atoms with Crippen LogP contribution < -0.4 is 9.80 Å². The van der Waals surface area contributed by atoms with Crippen LogP contribution in [0.15, 0.2) is 48.5 Å². The van der Waals surface area contributed by atoms with E-state index in [9.17, 15) is 9.59 Å². The number of carbonyl (C=O) groups excluding carboxylic acids is 2. The molecule has 1 aromatic heterocycles. The van der Waals surface area contributed by atoms with Crippen molar-refractivity contribution in [2.24, 2.45) is 5.92 Å². The Balaban J connectivity index is 1.24. The van der Waals surface area contributed by atoms with Gasteiger partial charge in [-0.15, -0.1) is 0 Å². The van der Waals surface area contributed by atoms with E-state index in [1.54, 1.807) is 4.90 Å². The van der Waals surface area contributed by atoms with E-state index in [2.05, 4.69) is 15.1 Å². The van der Waals surface area contributed by atoms with Crippen LogP contribution in [0.2, 0.25) is 5.02 Å². The van der Waals surface area contributed by atoms with Crippen molar-refractivity contribution in [3.8, 4) is 0 Å². The lowest BCUT2D eigenvalue weighted by molar-refractivity contribution is -0.136. The zero-order valence-corrected chi connectivity index (χ0v) is 17.2. The minimum atomic E-state index is -0.324. The Bertz CT molecular complexity index is 1090. The third-order valence-electron chi connectivity index (χ3n) is 5.96. The van der Waals surface area contributed by atoms with E-state index in [1.807, 2.05) is 53.4 Å². The second kappa shape index (κ2) is 7.65. The molecular formula is C22H22ClN5O2. The first-order chi connectivity index (χ1) is 14.6. The molecule has 3 aromatic rings. The van der Waals surface area contributed by atoms with Gasteiger partial charge in [-0.3, -0.25) is 19.6 Å². The highest BCUT2D eigenvalue weighted by molar-refractivity contribution is 6.30. The van der Waals surface area contributed by atoms with Crippen LogP contribution in [0, 0.1) is 5.92 Å². The number of rotatable bonds is 3. The van der Waals surface area contributed by atoms with E-state index in [0.29, 0.717) is 30.5 Å². The molecule has 0 bridgehead atoms. The number of hydrogen-bond acceptors (Lipinski definition) is 4. The van der Waals surface area contributed by atoms with Gasteiger partial charge in [0.05, 0.1) is 11.4 Å². The van der Waals surface area contributed by atoms with E-state index < -0.39 is 0 Å². The lowest BCUT2D eigenvalue weighted by Crippen LogP contribution is -2.50. The summed E-state index contributed by atoms with van der Waals surface area (Å²) in [6.07, 6.45) is 0.234. The van der Waals surface area contributed by atoms with Crippen LogP contribution in [0.4, 0.5) is 11.5 Å². The standard InChI is InChI=1S/C22H22ClN5O2/c23-16-5-7-17(8-6-16)26-9-11-27(12-10-26)22(30)15-13-20(29)28(14-15)21-18-3-1-2-4-19(18)24-25-21/h1-8,15H,9-14H2,(H,24,25)/t15-/m1/s1. The maximum atomic E-state index is 13.1. The Morgan fingerprint density at radius 3 is 2.53 bits per heavy atom. The fraction of sp³-hybridized carbons (Fsp3) is 0.318. The number of H-pyrrole nitrogens is 1. The molecular weight excluding hydrogens is 402 g/mol. The van der Waals surface area contributed by atoms with E-state index >= 15 is 0 Å². The third kappa shape index (κ3) is 3.39. The Labute approximate surface area is 179 Å². The van der Waals surface area contributed by atoms with E-state index in [0.717, 1.165) is 29.7 Å². The number of amides is 2. The van der Waals surface area contributed by atoms with Crippen LogP contribution in [0.5, 0.6) is 0 Å². The second-order valence-electron chi connectivity index (χ2n) is 7.79. The smallest absolute Gasteiger partial charge is 0.229 e. The van der Waals surface area contributed by atoms with Crippen LogP contribution in [0.3, 0.4) is 0 Å². The Hall–Kier alpha value is -3.06. The predicted molar refractivity (Wildman–Crippen MR) is 117 cm³/mol. The Morgan fingerprint density at radius 1 is 1.03 bits per heavy atom. The molecule has 5 rings (SSSR count). The molecule has 1 atom stereocenters. The SMILES string of the molecule is O=C([C@@H]1CC(=O)N(c2n[nH]c3ccccc23)C1)N1CCN(c2ccc(Cl)cc2)CC1. The van der Waals surface area contributed by atoms with Crippen molar-refractivity contribution in [3.63, 3.8) is 0 Å². The number of aromatic nitrogens is 2. The molecule has 2 amide bonds. The molecule has 2 aliphatic rings. The van der Waals surface area contributed by atoms with Gasteiger partial charge in [0.2, 0.25) is 11.8 Å². The Kier molecular flexibility index (Phi) is 4.83. The molecule has 7 nitrogen and oxygen atoms in total. The second-order valence-corrected chi connectivity index (χ2v) is 8.22. The first kappa shape index (κ1) is 18.9. The highest BCUT2D eigenvalue weighted by Gasteiger charge is 2.39. The summed E-state index contributed by atoms with van der Waals surface area (Å²) < 4.78 is 0. The van der Waals surface area contributed by atoms with Crippen molar-refractivity contribution < 1.29 is 9.59 Å². The zero-order chi connectivity index (χ0) is 20.7. The quantitative estimate of drug-likeness (QED) is 0.703. The molecule has 0 aliphatic carbocycles. The number of para-hydroxylation sites is 1. The van der Waals surface area contributed by atoms with Crippen molar-refractivity contribution in [1.82, 2.24) is 15.1 Å². The minimum Gasteiger partial charge on any atom is -0.368 e. The molecule has 8 heteroatoms. The molecule has 154 valence electrons. The monoisotopic (exact) mass is 423 g/mol. The van der Waals surface area contributed by atoms with Gasteiger partial charge < -0.3 is 9.80 Å². The predicted octanol–water partition coefficient (Wildman–Crippen LogP) is 2.92. The highest BCUT2D eigenvalue weighted by Crippen LogP contribution is 2.30. The van der Waals surface area contributed by atoms with Crippen LogP contribution in [0.25, 0.3) is 10.9 Å². The average molecular weight is 424 g/mol.